The minimum absolute atomic E-state index is 0.249. The van der Waals surface area contributed by atoms with Crippen LogP contribution in [0.5, 0.6) is 0 Å². The predicted molar refractivity (Wildman–Crippen MR) is 68.4 cm³/mol. The molecule has 1 aromatic carbocycles. The van der Waals surface area contributed by atoms with Gasteiger partial charge in [-0.1, -0.05) is 29.3 Å². The summed E-state index contributed by atoms with van der Waals surface area (Å²) in [5.74, 6) is 0. The van der Waals surface area contributed by atoms with Gasteiger partial charge in [0.25, 0.3) is 5.56 Å². The Labute approximate surface area is 108 Å². The summed E-state index contributed by atoms with van der Waals surface area (Å²) >= 11 is 12.1. The van der Waals surface area contributed by atoms with Gasteiger partial charge in [0.1, 0.15) is 0 Å². The lowest BCUT2D eigenvalue weighted by Gasteiger charge is -2.09. The highest BCUT2D eigenvalue weighted by Gasteiger charge is 2.15. The van der Waals surface area contributed by atoms with Crippen LogP contribution in [0.15, 0.2) is 35.3 Å². The van der Waals surface area contributed by atoms with Crippen LogP contribution in [0.2, 0.25) is 10.0 Å². The molecule has 0 saturated carbocycles. The molecule has 0 atom stereocenters. The average molecular weight is 270 g/mol. The minimum Gasteiger partial charge on any atom is -0.392 e. The van der Waals surface area contributed by atoms with Gasteiger partial charge in [-0.15, -0.1) is 0 Å². The van der Waals surface area contributed by atoms with Gasteiger partial charge < -0.3 is 10.1 Å². The highest BCUT2D eigenvalue weighted by molar-refractivity contribution is 6.39. The molecule has 5 heteroatoms. The van der Waals surface area contributed by atoms with Crippen LogP contribution in [0.1, 0.15) is 5.56 Å². The number of aromatic nitrogens is 1. The summed E-state index contributed by atoms with van der Waals surface area (Å²) in [7, 11) is 0. The summed E-state index contributed by atoms with van der Waals surface area (Å²) in [5.41, 5.74) is 0.919. The Morgan fingerprint density at radius 2 is 1.76 bits per heavy atom. The molecule has 2 N–H and O–H groups in total. The molecule has 0 aliphatic rings. The van der Waals surface area contributed by atoms with E-state index in [1.54, 1.807) is 24.3 Å². The van der Waals surface area contributed by atoms with Crippen LogP contribution in [-0.4, -0.2) is 10.1 Å². The Bertz CT molecular complexity index is 587. The number of aromatic amines is 1. The Morgan fingerprint density at radius 1 is 1.12 bits per heavy atom. The molecule has 0 saturated heterocycles. The molecule has 0 aliphatic heterocycles. The van der Waals surface area contributed by atoms with Crippen molar-refractivity contribution in [2.45, 2.75) is 6.61 Å². The molecule has 0 unspecified atom stereocenters. The zero-order valence-corrected chi connectivity index (χ0v) is 10.2. The van der Waals surface area contributed by atoms with Crippen molar-refractivity contribution in [2.24, 2.45) is 0 Å². The van der Waals surface area contributed by atoms with Crippen LogP contribution >= 0.6 is 23.2 Å². The fraction of sp³-hybridized carbons (Fsp3) is 0.0833. The molecular weight excluding hydrogens is 261 g/mol. The summed E-state index contributed by atoms with van der Waals surface area (Å²) in [6.45, 7) is -0.249. The van der Waals surface area contributed by atoms with Gasteiger partial charge in [0.15, 0.2) is 0 Å². The van der Waals surface area contributed by atoms with E-state index in [0.717, 1.165) is 0 Å². The van der Waals surface area contributed by atoms with E-state index in [1.165, 1.54) is 6.20 Å². The second-order valence-corrected chi connectivity index (χ2v) is 4.28. The van der Waals surface area contributed by atoms with E-state index >= 15 is 0 Å². The van der Waals surface area contributed by atoms with Gasteiger partial charge in [-0.25, -0.2) is 0 Å². The zero-order chi connectivity index (χ0) is 12.4. The fourth-order valence-electron chi connectivity index (χ4n) is 1.66. The van der Waals surface area contributed by atoms with Gasteiger partial charge in [-0.05, 0) is 23.8 Å². The normalized spacial score (nSPS) is 10.5. The average Bonchev–Trinajstić information content (AvgIpc) is 2.30. The Hall–Kier alpha value is -1.29. The molecule has 0 radical (unpaired) electrons. The summed E-state index contributed by atoms with van der Waals surface area (Å²) in [5, 5.41) is 10.0. The van der Waals surface area contributed by atoms with Crippen molar-refractivity contribution in [3.05, 3.63) is 56.4 Å². The molecule has 3 nitrogen and oxygen atoms in total. The SMILES string of the molecule is O=c1[nH]ccc(CO)c1-c1c(Cl)cccc1Cl. The number of H-pyrrole nitrogens is 1. The van der Waals surface area contributed by atoms with Crippen molar-refractivity contribution in [2.75, 3.05) is 0 Å². The minimum atomic E-state index is -0.327. The third-order valence-electron chi connectivity index (χ3n) is 2.43. The second-order valence-electron chi connectivity index (χ2n) is 3.46. The van der Waals surface area contributed by atoms with Gasteiger partial charge >= 0.3 is 0 Å². The Morgan fingerprint density at radius 3 is 2.35 bits per heavy atom. The van der Waals surface area contributed by atoms with Gasteiger partial charge in [-0.2, -0.15) is 0 Å². The van der Waals surface area contributed by atoms with Crippen LogP contribution in [-0.2, 0) is 6.61 Å². The molecule has 0 amide bonds. The number of aliphatic hydroxyl groups is 1. The lowest BCUT2D eigenvalue weighted by Crippen LogP contribution is -2.11. The lowest BCUT2D eigenvalue weighted by atomic mass is 10.0. The maximum atomic E-state index is 11.8. The highest BCUT2D eigenvalue weighted by atomic mass is 35.5. The number of hydrogen-bond acceptors (Lipinski definition) is 2. The first kappa shape index (κ1) is 12.2. The van der Waals surface area contributed by atoms with Crippen molar-refractivity contribution in [3.63, 3.8) is 0 Å². The van der Waals surface area contributed by atoms with Gasteiger partial charge in [0.05, 0.1) is 22.2 Å². The highest BCUT2D eigenvalue weighted by Crippen LogP contribution is 2.34. The van der Waals surface area contributed by atoms with Crippen molar-refractivity contribution >= 4 is 23.2 Å². The first-order valence-electron chi connectivity index (χ1n) is 4.91. The van der Waals surface area contributed by atoms with Crippen LogP contribution < -0.4 is 5.56 Å². The van der Waals surface area contributed by atoms with E-state index in [1.807, 2.05) is 0 Å². The number of pyridine rings is 1. The molecule has 0 aliphatic carbocycles. The van der Waals surface area contributed by atoms with Crippen molar-refractivity contribution in [1.29, 1.82) is 0 Å². The van der Waals surface area contributed by atoms with Crippen LogP contribution in [0, 0.1) is 0 Å². The van der Waals surface area contributed by atoms with E-state index < -0.39 is 0 Å². The monoisotopic (exact) mass is 269 g/mol. The molecule has 1 heterocycles. The van der Waals surface area contributed by atoms with E-state index in [0.29, 0.717) is 26.7 Å². The topological polar surface area (TPSA) is 53.1 Å². The molecule has 2 rings (SSSR count). The van der Waals surface area contributed by atoms with Gasteiger partial charge in [-0.3, -0.25) is 4.79 Å². The van der Waals surface area contributed by atoms with E-state index in [-0.39, 0.29) is 12.2 Å². The fourth-order valence-corrected chi connectivity index (χ4v) is 2.25. The maximum absolute atomic E-state index is 11.8. The summed E-state index contributed by atoms with van der Waals surface area (Å²) < 4.78 is 0. The molecule has 0 spiro atoms. The standard InChI is InChI=1S/C12H9Cl2NO2/c13-8-2-1-3-9(14)11(8)10-7(6-16)4-5-15-12(10)17/h1-5,16H,6H2,(H,15,17). The molecule has 1 aromatic heterocycles. The van der Waals surface area contributed by atoms with Crippen LogP contribution in [0.4, 0.5) is 0 Å². The third-order valence-corrected chi connectivity index (χ3v) is 3.06. The molecule has 0 bridgehead atoms. The summed E-state index contributed by atoms with van der Waals surface area (Å²) in [4.78, 5) is 14.4. The van der Waals surface area contributed by atoms with E-state index in [4.69, 9.17) is 23.2 Å². The predicted octanol–water partition coefficient (Wildman–Crippen LogP) is 2.84. The Kier molecular flexibility index (Phi) is 3.52. The first-order valence-corrected chi connectivity index (χ1v) is 5.66. The number of aliphatic hydroxyl groups excluding tert-OH is 1. The van der Waals surface area contributed by atoms with E-state index in [2.05, 4.69) is 4.98 Å². The maximum Gasteiger partial charge on any atom is 0.256 e. The van der Waals surface area contributed by atoms with Gasteiger partial charge in [0, 0.05) is 11.8 Å². The molecule has 0 fully saturated rings. The smallest absolute Gasteiger partial charge is 0.256 e. The van der Waals surface area contributed by atoms with Crippen molar-refractivity contribution in [3.8, 4) is 11.1 Å². The second kappa shape index (κ2) is 4.92. The lowest BCUT2D eigenvalue weighted by molar-refractivity contribution is 0.282. The molecule has 17 heavy (non-hydrogen) atoms. The number of benzene rings is 1. The van der Waals surface area contributed by atoms with Gasteiger partial charge in [0.2, 0.25) is 0 Å². The summed E-state index contributed by atoms with van der Waals surface area (Å²) in [6, 6.07) is 6.62. The number of rotatable bonds is 2. The summed E-state index contributed by atoms with van der Waals surface area (Å²) in [6.07, 6.45) is 1.47. The number of hydrogen-bond donors (Lipinski definition) is 2. The van der Waals surface area contributed by atoms with Crippen molar-refractivity contribution in [1.82, 2.24) is 4.98 Å². The number of nitrogens with one attached hydrogen (secondary N) is 1. The van der Waals surface area contributed by atoms with E-state index in [9.17, 15) is 9.90 Å². The molecule has 2 aromatic rings. The quantitative estimate of drug-likeness (QED) is 0.881. The zero-order valence-electron chi connectivity index (χ0n) is 8.71. The third kappa shape index (κ3) is 2.22. The van der Waals surface area contributed by atoms with Crippen LogP contribution in [0.25, 0.3) is 11.1 Å². The van der Waals surface area contributed by atoms with Crippen LogP contribution in [0.3, 0.4) is 0 Å². The molecular formula is C12H9Cl2NO2. The number of halogens is 2. The Balaban J connectivity index is 2.81. The largest absolute Gasteiger partial charge is 0.392 e. The molecule has 88 valence electrons. The van der Waals surface area contributed by atoms with Crippen molar-refractivity contribution < 1.29 is 5.11 Å². The first-order chi connectivity index (χ1) is 8.15.